The molecule has 1 saturated heterocycles. The zero-order chi connectivity index (χ0) is 11.5. The molecule has 0 saturated carbocycles. The van der Waals surface area contributed by atoms with Crippen LogP contribution in [0.2, 0.25) is 0 Å². The molecule has 1 unspecified atom stereocenters. The van der Waals surface area contributed by atoms with Crippen LogP contribution in [0.15, 0.2) is 18.5 Å². The number of nitrogens with one attached hydrogen (secondary N) is 1. The summed E-state index contributed by atoms with van der Waals surface area (Å²) in [5.74, 6) is 0.509. The van der Waals surface area contributed by atoms with Crippen LogP contribution < -0.4 is 5.32 Å². The van der Waals surface area contributed by atoms with E-state index in [1.807, 2.05) is 4.90 Å². The zero-order valence-electron chi connectivity index (χ0n) is 9.55. The van der Waals surface area contributed by atoms with Crippen molar-refractivity contribution in [3.8, 4) is 0 Å². The maximum atomic E-state index is 11.9. The van der Waals surface area contributed by atoms with Crippen LogP contribution in [-0.4, -0.2) is 33.7 Å². The highest BCUT2D eigenvalue weighted by molar-refractivity contribution is 5.89. The van der Waals surface area contributed by atoms with Crippen molar-refractivity contribution >= 4 is 11.7 Å². The summed E-state index contributed by atoms with van der Waals surface area (Å²) in [6.45, 7) is 5.11. The SMILES string of the molecule is CC(C)C1CCN1C(=O)Nc1ccnnc1. The maximum Gasteiger partial charge on any atom is 0.322 e. The molecule has 1 N–H and O–H groups in total. The Bertz CT molecular complexity index is 366. The van der Waals surface area contributed by atoms with E-state index in [2.05, 4.69) is 29.4 Å². The first-order valence-corrected chi connectivity index (χ1v) is 5.53. The number of carbonyl (C=O) groups is 1. The highest BCUT2D eigenvalue weighted by Crippen LogP contribution is 2.25. The van der Waals surface area contributed by atoms with E-state index >= 15 is 0 Å². The fourth-order valence-corrected chi connectivity index (χ4v) is 1.91. The van der Waals surface area contributed by atoms with Gasteiger partial charge in [-0.05, 0) is 18.4 Å². The Morgan fingerprint density at radius 1 is 1.56 bits per heavy atom. The minimum absolute atomic E-state index is 0.0436. The lowest BCUT2D eigenvalue weighted by Crippen LogP contribution is -2.55. The van der Waals surface area contributed by atoms with Crippen LogP contribution in [0.1, 0.15) is 20.3 Å². The van der Waals surface area contributed by atoms with Crippen molar-refractivity contribution in [1.29, 1.82) is 0 Å². The van der Waals surface area contributed by atoms with E-state index in [-0.39, 0.29) is 6.03 Å². The molecule has 1 fully saturated rings. The molecule has 2 rings (SSSR count). The standard InChI is InChI=1S/C11H16N4O/c1-8(2)10-4-6-15(10)11(16)14-9-3-5-12-13-7-9/h3,5,7-8,10H,4,6H2,1-2H3,(H,12,14,16). The number of amides is 2. The van der Waals surface area contributed by atoms with E-state index in [1.165, 1.54) is 0 Å². The number of likely N-dealkylation sites (tertiary alicyclic amines) is 1. The Morgan fingerprint density at radius 2 is 2.38 bits per heavy atom. The van der Waals surface area contributed by atoms with E-state index in [9.17, 15) is 4.79 Å². The van der Waals surface area contributed by atoms with Crippen LogP contribution in [0.25, 0.3) is 0 Å². The molecule has 1 aliphatic heterocycles. The summed E-state index contributed by atoms with van der Waals surface area (Å²) in [7, 11) is 0. The molecule has 1 atom stereocenters. The average molecular weight is 220 g/mol. The molecule has 16 heavy (non-hydrogen) atoms. The molecule has 0 radical (unpaired) electrons. The van der Waals surface area contributed by atoms with E-state index in [1.54, 1.807) is 18.5 Å². The topological polar surface area (TPSA) is 58.1 Å². The van der Waals surface area contributed by atoms with E-state index in [0.717, 1.165) is 13.0 Å². The first kappa shape index (κ1) is 10.9. The minimum atomic E-state index is -0.0436. The lowest BCUT2D eigenvalue weighted by atomic mass is 9.92. The fraction of sp³-hybridized carbons (Fsp3) is 0.545. The third-order valence-corrected chi connectivity index (χ3v) is 2.93. The van der Waals surface area contributed by atoms with Gasteiger partial charge in [0.05, 0.1) is 18.1 Å². The van der Waals surface area contributed by atoms with Gasteiger partial charge in [-0.2, -0.15) is 10.2 Å². The summed E-state index contributed by atoms with van der Waals surface area (Å²) in [4.78, 5) is 13.7. The second kappa shape index (κ2) is 4.47. The Kier molecular flexibility index (Phi) is 3.03. The summed E-state index contributed by atoms with van der Waals surface area (Å²) in [5.41, 5.74) is 0.689. The summed E-state index contributed by atoms with van der Waals surface area (Å²) in [6, 6.07) is 2.06. The van der Waals surface area contributed by atoms with Gasteiger partial charge < -0.3 is 10.2 Å². The normalized spacial score (nSPS) is 19.4. The lowest BCUT2D eigenvalue weighted by molar-refractivity contribution is 0.0951. The van der Waals surface area contributed by atoms with Gasteiger partial charge in [0.25, 0.3) is 0 Å². The van der Waals surface area contributed by atoms with Gasteiger partial charge in [0.2, 0.25) is 0 Å². The van der Waals surface area contributed by atoms with Crippen molar-refractivity contribution in [1.82, 2.24) is 15.1 Å². The second-order valence-electron chi connectivity index (χ2n) is 4.35. The van der Waals surface area contributed by atoms with Gasteiger partial charge >= 0.3 is 6.03 Å². The summed E-state index contributed by atoms with van der Waals surface area (Å²) in [5, 5.41) is 10.2. The number of nitrogens with zero attached hydrogens (tertiary/aromatic N) is 3. The van der Waals surface area contributed by atoms with Crippen molar-refractivity contribution in [2.24, 2.45) is 5.92 Å². The molecule has 1 aliphatic rings. The van der Waals surface area contributed by atoms with Gasteiger partial charge in [-0.1, -0.05) is 13.8 Å². The van der Waals surface area contributed by atoms with Crippen molar-refractivity contribution in [3.63, 3.8) is 0 Å². The van der Waals surface area contributed by atoms with E-state index in [4.69, 9.17) is 0 Å². The van der Waals surface area contributed by atoms with Gasteiger partial charge in [0, 0.05) is 12.6 Å². The predicted octanol–water partition coefficient (Wildman–Crippen LogP) is 1.74. The van der Waals surface area contributed by atoms with E-state index < -0.39 is 0 Å². The molecule has 5 heteroatoms. The first-order valence-electron chi connectivity index (χ1n) is 5.53. The van der Waals surface area contributed by atoms with Gasteiger partial charge in [-0.25, -0.2) is 4.79 Å². The lowest BCUT2D eigenvalue weighted by Gasteiger charge is -2.43. The molecular formula is C11H16N4O. The van der Waals surface area contributed by atoms with Crippen LogP contribution in [0.4, 0.5) is 10.5 Å². The number of hydrogen-bond donors (Lipinski definition) is 1. The number of urea groups is 1. The molecule has 1 aromatic rings. The highest BCUT2D eigenvalue weighted by atomic mass is 16.2. The van der Waals surface area contributed by atoms with Crippen LogP contribution in [-0.2, 0) is 0 Å². The monoisotopic (exact) mass is 220 g/mol. The number of anilines is 1. The summed E-state index contributed by atoms with van der Waals surface area (Å²) < 4.78 is 0. The zero-order valence-corrected chi connectivity index (χ0v) is 9.55. The maximum absolute atomic E-state index is 11.9. The van der Waals surface area contributed by atoms with Crippen LogP contribution in [0, 0.1) is 5.92 Å². The minimum Gasteiger partial charge on any atom is -0.321 e. The molecule has 2 heterocycles. The van der Waals surface area contributed by atoms with Gasteiger partial charge in [0.1, 0.15) is 0 Å². The first-order chi connectivity index (χ1) is 7.68. The van der Waals surface area contributed by atoms with Crippen molar-refractivity contribution < 1.29 is 4.79 Å². The molecule has 2 amide bonds. The molecular weight excluding hydrogens is 204 g/mol. The van der Waals surface area contributed by atoms with Gasteiger partial charge in [-0.15, -0.1) is 0 Å². The molecule has 86 valence electrons. The third kappa shape index (κ3) is 2.13. The largest absolute Gasteiger partial charge is 0.322 e. The third-order valence-electron chi connectivity index (χ3n) is 2.93. The highest BCUT2D eigenvalue weighted by Gasteiger charge is 2.34. The Morgan fingerprint density at radius 3 is 2.88 bits per heavy atom. The summed E-state index contributed by atoms with van der Waals surface area (Å²) >= 11 is 0. The Labute approximate surface area is 94.9 Å². The Hall–Kier alpha value is -1.65. The fourth-order valence-electron chi connectivity index (χ4n) is 1.91. The van der Waals surface area contributed by atoms with Gasteiger partial charge in [-0.3, -0.25) is 0 Å². The molecule has 1 aromatic heterocycles. The molecule has 5 nitrogen and oxygen atoms in total. The number of rotatable bonds is 2. The number of carbonyl (C=O) groups excluding carboxylic acids is 1. The molecule has 0 aliphatic carbocycles. The van der Waals surface area contributed by atoms with Crippen LogP contribution in [0.3, 0.4) is 0 Å². The number of hydrogen-bond acceptors (Lipinski definition) is 3. The molecule has 0 bridgehead atoms. The smallest absolute Gasteiger partial charge is 0.321 e. The van der Waals surface area contributed by atoms with Gasteiger partial charge in [0.15, 0.2) is 0 Å². The molecule has 0 aromatic carbocycles. The van der Waals surface area contributed by atoms with Crippen molar-refractivity contribution in [2.75, 3.05) is 11.9 Å². The van der Waals surface area contributed by atoms with Crippen LogP contribution >= 0.6 is 0 Å². The number of aromatic nitrogens is 2. The van der Waals surface area contributed by atoms with Crippen molar-refractivity contribution in [2.45, 2.75) is 26.3 Å². The predicted molar refractivity (Wildman–Crippen MR) is 61.0 cm³/mol. The Balaban J connectivity index is 1.94. The molecule has 0 spiro atoms. The van der Waals surface area contributed by atoms with Crippen LogP contribution in [0.5, 0.6) is 0 Å². The quantitative estimate of drug-likeness (QED) is 0.825. The average Bonchev–Trinajstić information content (AvgIpc) is 2.16. The van der Waals surface area contributed by atoms with Crippen molar-refractivity contribution in [3.05, 3.63) is 18.5 Å². The second-order valence-corrected chi connectivity index (χ2v) is 4.35. The summed E-state index contributed by atoms with van der Waals surface area (Å²) in [6.07, 6.45) is 4.20. The van der Waals surface area contributed by atoms with E-state index in [0.29, 0.717) is 17.6 Å².